The van der Waals surface area contributed by atoms with Crippen LogP contribution < -0.4 is 0 Å². The van der Waals surface area contributed by atoms with Gasteiger partial charge in [0.05, 0.1) is 0 Å². The molecule has 0 radical (unpaired) electrons. The van der Waals surface area contributed by atoms with E-state index in [0.717, 1.165) is 0 Å². The van der Waals surface area contributed by atoms with E-state index in [1.165, 1.54) is 0 Å². The molecule has 0 amide bonds. The predicted octanol–water partition coefficient (Wildman–Crippen LogP) is 1.72. The summed E-state index contributed by atoms with van der Waals surface area (Å²) in [7, 11) is -9.59. The monoisotopic (exact) mass is 452 g/mol. The van der Waals surface area contributed by atoms with Crippen LogP contribution in [0.3, 0.4) is 0 Å². The molecule has 0 saturated carbocycles. The molecule has 0 aliphatic carbocycles. The summed E-state index contributed by atoms with van der Waals surface area (Å²) in [6, 6.07) is 0. The van der Waals surface area contributed by atoms with Gasteiger partial charge in [0, 0.05) is 0 Å². The fourth-order valence-electron chi connectivity index (χ4n) is 0. The van der Waals surface area contributed by atoms with Gasteiger partial charge in [-0.1, -0.05) is 69.6 Å². The molecule has 0 aromatic carbocycles. The molecule has 0 aromatic heterocycles. The van der Waals surface area contributed by atoms with E-state index in [-0.39, 0.29) is 16.5 Å². The molecule has 0 saturated heterocycles. The van der Waals surface area contributed by atoms with Crippen molar-refractivity contribution in [3.05, 3.63) is 0 Å². The van der Waals surface area contributed by atoms with E-state index in [1.54, 1.807) is 0 Å². The molecule has 0 N–H and O–H groups in total. The van der Waals surface area contributed by atoms with Crippen LogP contribution in [0.1, 0.15) is 0 Å². The first-order chi connectivity index (χ1) is 6.50. The van der Waals surface area contributed by atoms with Gasteiger partial charge in [-0.3, -0.25) is 0 Å². The molecule has 0 aromatic rings. The largest absolute Gasteiger partial charge is 2.00 e. The Balaban J connectivity index is -0.000000218. The fourth-order valence-corrected chi connectivity index (χ4v) is 0. The van der Waals surface area contributed by atoms with Crippen molar-refractivity contribution in [3.8, 4) is 0 Å². The van der Waals surface area contributed by atoms with E-state index in [4.69, 9.17) is 0 Å². The van der Waals surface area contributed by atoms with Gasteiger partial charge in [-0.05, 0) is 0 Å². The van der Waals surface area contributed by atoms with Crippen LogP contribution in [0.2, 0.25) is 0 Å². The van der Waals surface area contributed by atoms with Crippen LogP contribution in [-0.4, -0.2) is 32.2 Å². The minimum atomic E-state index is -4.79. The Bertz CT molecular complexity index is 374. The van der Waals surface area contributed by atoms with Crippen molar-refractivity contribution in [1.82, 2.24) is 0 Å². The predicted molar refractivity (Wildman–Crippen MR) is 60.0 cm³/mol. The van der Waals surface area contributed by atoms with Crippen LogP contribution in [0.5, 0.6) is 0 Å². The molecule has 15 heteroatoms. The van der Waals surface area contributed by atoms with Gasteiger partial charge in [0.25, 0.3) is 6.25 Å². The molecule has 108 valence electrons. The third-order valence-electron chi connectivity index (χ3n) is 0.567. The van der Waals surface area contributed by atoms with E-state index < -0.39 is 26.5 Å². The normalized spacial score (nSPS) is 13.2. The maximum absolute atomic E-state index is 9.70. The number of hydrogen-bond acceptors (Lipinski definition) is 6. The van der Waals surface area contributed by atoms with Crippen molar-refractivity contribution in [1.29, 1.82) is 0 Å². The molecule has 0 rings (SSSR count). The Labute approximate surface area is 137 Å². The van der Waals surface area contributed by atoms with Gasteiger partial charge >= 0.3 is 16.5 Å². The first-order valence-corrected chi connectivity index (χ1v) is 7.63. The minimum absolute atomic E-state index is 0. The van der Waals surface area contributed by atoms with Crippen molar-refractivity contribution >= 4 is 89.8 Å². The van der Waals surface area contributed by atoms with Crippen LogP contribution in [0.4, 0.5) is 0 Å². The van der Waals surface area contributed by atoms with Gasteiger partial charge in [0.2, 0.25) is 0 Å². The second kappa shape index (κ2) is 7.73. The zero-order chi connectivity index (χ0) is 14.0. The van der Waals surface area contributed by atoms with E-state index in [2.05, 4.69) is 69.6 Å². The topological polar surface area (TPSA) is 114 Å². The maximum Gasteiger partial charge on any atom is 2.00 e. The van der Waals surface area contributed by atoms with Crippen molar-refractivity contribution < 1.29 is 42.4 Å². The zero-order valence-corrected chi connectivity index (χ0v) is 14.0. The third-order valence-corrected chi connectivity index (χ3v) is 5.10. The zero-order valence-electron chi connectivity index (χ0n) is 6.85. The average molecular weight is 456 g/mol. The standard InChI is InChI=1S/2CHCl3O3S.Ni/c2*2-1(3,4)8(5,6)7;/h2*(H,5,6,7);/q;;+2/p-2. The second-order valence-electron chi connectivity index (χ2n) is 1.80. The van der Waals surface area contributed by atoms with Crippen LogP contribution in [-0.2, 0) is 36.7 Å². The summed E-state index contributed by atoms with van der Waals surface area (Å²) in [6.45, 7) is 0. The summed E-state index contributed by atoms with van der Waals surface area (Å²) >= 11 is 27.8. The van der Waals surface area contributed by atoms with Gasteiger partial charge in [-0.25, -0.2) is 16.8 Å². The minimum Gasteiger partial charge on any atom is -0.745 e. The molecule has 0 aliphatic rings. The van der Waals surface area contributed by atoms with Crippen LogP contribution in [0, 0.1) is 0 Å². The molecular formula is C2Cl6NiO6S2. The summed E-state index contributed by atoms with van der Waals surface area (Å²) in [4.78, 5) is 0. The van der Waals surface area contributed by atoms with E-state index in [1.807, 2.05) is 0 Å². The van der Waals surface area contributed by atoms with Crippen molar-refractivity contribution in [2.45, 2.75) is 6.25 Å². The van der Waals surface area contributed by atoms with Crippen molar-refractivity contribution in [2.24, 2.45) is 0 Å². The SMILES string of the molecule is O=S(=O)([O-])C(Cl)(Cl)Cl.O=S(=O)([O-])C(Cl)(Cl)Cl.[Ni+2]. The molecule has 0 unspecified atom stereocenters. The van der Waals surface area contributed by atoms with Gasteiger partial charge in [-0.2, -0.15) is 0 Å². The molecule has 0 bridgehead atoms. The van der Waals surface area contributed by atoms with E-state index in [0.29, 0.717) is 0 Å². The van der Waals surface area contributed by atoms with Gasteiger partial charge < -0.3 is 9.11 Å². The van der Waals surface area contributed by atoms with Gasteiger partial charge in [-0.15, -0.1) is 0 Å². The molecule has 6 nitrogen and oxygen atoms in total. The van der Waals surface area contributed by atoms with E-state index >= 15 is 0 Å². The van der Waals surface area contributed by atoms with Crippen molar-refractivity contribution in [3.63, 3.8) is 0 Å². The van der Waals surface area contributed by atoms with Crippen LogP contribution in [0.25, 0.3) is 0 Å². The first-order valence-electron chi connectivity index (χ1n) is 2.54. The Morgan fingerprint density at radius 3 is 0.706 bits per heavy atom. The third kappa shape index (κ3) is 11.6. The quantitative estimate of drug-likeness (QED) is 0.312. The van der Waals surface area contributed by atoms with E-state index in [9.17, 15) is 25.9 Å². The summed E-state index contributed by atoms with van der Waals surface area (Å²) in [6.07, 6.45) is 0. The summed E-state index contributed by atoms with van der Waals surface area (Å²) in [5.41, 5.74) is 0. The first kappa shape index (κ1) is 24.1. The molecule has 17 heavy (non-hydrogen) atoms. The average Bonchev–Trinajstić information content (AvgIpc) is 1.77. The molecule has 0 fully saturated rings. The Morgan fingerprint density at radius 1 is 0.647 bits per heavy atom. The maximum atomic E-state index is 9.70. The summed E-state index contributed by atoms with van der Waals surface area (Å²) in [5, 5.41) is 0. The molecule has 0 atom stereocenters. The number of halogens is 6. The fraction of sp³-hybridized carbons (Fsp3) is 1.00. The Hall–Kier alpha value is 2.05. The van der Waals surface area contributed by atoms with Gasteiger partial charge in [0.1, 0.15) is 20.2 Å². The summed E-state index contributed by atoms with van der Waals surface area (Å²) < 4.78 is 52.7. The van der Waals surface area contributed by atoms with Crippen LogP contribution in [0.15, 0.2) is 0 Å². The number of rotatable bonds is 0. The number of alkyl halides is 6. The molecule has 0 aliphatic heterocycles. The Kier molecular flexibility index (Phi) is 11.0. The smallest absolute Gasteiger partial charge is 0.745 e. The second-order valence-corrected chi connectivity index (χ2v) is 10.7. The van der Waals surface area contributed by atoms with Gasteiger partial charge in [0.15, 0.2) is 0 Å². The molecule has 0 spiro atoms. The van der Waals surface area contributed by atoms with Crippen LogP contribution >= 0.6 is 69.6 Å². The Morgan fingerprint density at radius 2 is 0.706 bits per heavy atom. The molecule has 0 heterocycles. The summed E-state index contributed by atoms with van der Waals surface area (Å²) in [5.74, 6) is 0. The number of hydrogen-bond donors (Lipinski definition) is 0. The van der Waals surface area contributed by atoms with Crippen molar-refractivity contribution in [2.75, 3.05) is 0 Å². The molecular weight excluding hydrogens is 456 g/mol.